The third-order valence-corrected chi connectivity index (χ3v) is 5.12. The first kappa shape index (κ1) is 22.8. The molecule has 0 aliphatic carbocycles. The lowest BCUT2D eigenvalue weighted by Gasteiger charge is -2.18. The zero-order chi connectivity index (χ0) is 20.4. The fourth-order valence-electron chi connectivity index (χ4n) is 2.85. The van der Waals surface area contributed by atoms with Crippen molar-refractivity contribution in [1.29, 1.82) is 0 Å². The van der Waals surface area contributed by atoms with Crippen LogP contribution >= 0.6 is 23.2 Å². The van der Waals surface area contributed by atoms with Gasteiger partial charge in [-0.25, -0.2) is 0 Å². The summed E-state index contributed by atoms with van der Waals surface area (Å²) in [6.45, 7) is 12.2. The van der Waals surface area contributed by atoms with Gasteiger partial charge in [0.25, 0.3) is 0 Å². The van der Waals surface area contributed by atoms with Gasteiger partial charge in [-0.2, -0.15) is 0 Å². The van der Waals surface area contributed by atoms with E-state index in [2.05, 4.69) is 30.1 Å². The van der Waals surface area contributed by atoms with E-state index in [-0.39, 0.29) is 0 Å². The number of halogens is 2. The number of hydrogen-bond acceptors (Lipinski definition) is 4. The maximum absolute atomic E-state index is 6.23. The monoisotopic (exact) mass is 424 g/mol. The van der Waals surface area contributed by atoms with Crippen LogP contribution in [0.5, 0.6) is 11.5 Å². The first-order valence-electron chi connectivity index (χ1n) is 9.82. The lowest BCUT2D eigenvalue weighted by atomic mass is 10.2. The summed E-state index contributed by atoms with van der Waals surface area (Å²) in [6.07, 6.45) is 0. The van der Waals surface area contributed by atoms with Gasteiger partial charge in [0.1, 0.15) is 6.61 Å². The zero-order valence-electron chi connectivity index (χ0n) is 16.9. The predicted molar refractivity (Wildman–Crippen MR) is 118 cm³/mol. The number of likely N-dealkylation sites (N-methyl/N-ethyl adjacent to an activating group) is 1. The van der Waals surface area contributed by atoms with Crippen LogP contribution in [0.25, 0.3) is 0 Å². The number of rotatable bonds is 12. The molecular weight excluding hydrogens is 395 g/mol. The molecule has 0 aliphatic heterocycles. The van der Waals surface area contributed by atoms with Gasteiger partial charge in [0.2, 0.25) is 0 Å². The summed E-state index contributed by atoms with van der Waals surface area (Å²) in [5.74, 6) is 1.45. The lowest BCUT2D eigenvalue weighted by Crippen LogP contribution is -2.31. The topological polar surface area (TPSA) is 33.7 Å². The van der Waals surface area contributed by atoms with Crippen LogP contribution in [0.2, 0.25) is 10.0 Å². The minimum absolute atomic E-state index is 0.359. The van der Waals surface area contributed by atoms with Crippen molar-refractivity contribution in [3.05, 3.63) is 57.6 Å². The molecule has 6 heteroatoms. The predicted octanol–water partition coefficient (Wildman–Crippen LogP) is 5.40. The summed E-state index contributed by atoms with van der Waals surface area (Å²) in [6, 6.07) is 11.5. The molecule has 0 spiro atoms. The highest BCUT2D eigenvalue weighted by Crippen LogP contribution is 2.30. The fraction of sp³-hybridized carbons (Fsp3) is 0.455. The van der Waals surface area contributed by atoms with E-state index < -0.39 is 0 Å². The van der Waals surface area contributed by atoms with E-state index in [0.717, 1.165) is 44.0 Å². The first-order chi connectivity index (χ1) is 13.6. The Morgan fingerprint density at radius 3 is 2.39 bits per heavy atom. The first-order valence-corrected chi connectivity index (χ1v) is 10.6. The summed E-state index contributed by atoms with van der Waals surface area (Å²) < 4.78 is 11.7. The molecule has 0 atom stereocenters. The average molecular weight is 425 g/mol. The number of ether oxygens (including phenoxy) is 2. The molecule has 0 aromatic heterocycles. The van der Waals surface area contributed by atoms with Crippen LogP contribution in [0.3, 0.4) is 0 Å². The van der Waals surface area contributed by atoms with Gasteiger partial charge in [-0.3, -0.25) is 0 Å². The minimum Gasteiger partial charge on any atom is -0.490 e. The molecule has 2 aromatic rings. The molecule has 28 heavy (non-hydrogen) atoms. The third-order valence-electron chi connectivity index (χ3n) is 4.53. The Morgan fingerprint density at radius 2 is 1.71 bits per heavy atom. The summed E-state index contributed by atoms with van der Waals surface area (Å²) >= 11 is 12.2. The molecule has 0 amide bonds. The van der Waals surface area contributed by atoms with E-state index in [1.807, 2.05) is 31.2 Å². The van der Waals surface area contributed by atoms with E-state index in [1.165, 1.54) is 5.56 Å². The molecule has 1 N–H and O–H groups in total. The second-order valence-electron chi connectivity index (χ2n) is 6.44. The summed E-state index contributed by atoms with van der Waals surface area (Å²) in [5.41, 5.74) is 2.05. The smallest absolute Gasteiger partial charge is 0.161 e. The Bertz CT molecular complexity index is 736. The van der Waals surface area contributed by atoms with Gasteiger partial charge in [-0.15, -0.1) is 0 Å². The summed E-state index contributed by atoms with van der Waals surface area (Å²) in [7, 11) is 0. The van der Waals surface area contributed by atoms with Crippen LogP contribution in [0, 0.1) is 0 Å². The van der Waals surface area contributed by atoms with Crippen LogP contribution in [-0.2, 0) is 13.2 Å². The van der Waals surface area contributed by atoms with E-state index in [4.69, 9.17) is 32.7 Å². The molecule has 0 bridgehead atoms. The summed E-state index contributed by atoms with van der Waals surface area (Å²) in [5, 5.41) is 4.70. The van der Waals surface area contributed by atoms with Crippen LogP contribution in [0.1, 0.15) is 31.9 Å². The molecule has 4 nitrogen and oxygen atoms in total. The van der Waals surface area contributed by atoms with Crippen molar-refractivity contribution in [2.45, 2.75) is 33.9 Å². The van der Waals surface area contributed by atoms with Crippen molar-refractivity contribution >= 4 is 23.2 Å². The van der Waals surface area contributed by atoms with E-state index in [1.54, 1.807) is 6.07 Å². The molecule has 154 valence electrons. The Balaban J connectivity index is 1.95. The highest BCUT2D eigenvalue weighted by Gasteiger charge is 2.09. The van der Waals surface area contributed by atoms with Gasteiger partial charge in [0.15, 0.2) is 11.5 Å². The molecular formula is C22H30Cl2N2O2. The van der Waals surface area contributed by atoms with Gasteiger partial charge in [0.05, 0.1) is 6.61 Å². The maximum Gasteiger partial charge on any atom is 0.161 e. The van der Waals surface area contributed by atoms with Crippen LogP contribution < -0.4 is 14.8 Å². The molecule has 0 radical (unpaired) electrons. The van der Waals surface area contributed by atoms with Crippen molar-refractivity contribution in [2.75, 3.05) is 32.8 Å². The van der Waals surface area contributed by atoms with Crippen molar-refractivity contribution in [3.63, 3.8) is 0 Å². The number of benzene rings is 2. The Kier molecular flexibility index (Phi) is 9.93. The largest absolute Gasteiger partial charge is 0.490 e. The average Bonchev–Trinajstić information content (AvgIpc) is 2.69. The van der Waals surface area contributed by atoms with E-state index >= 15 is 0 Å². The van der Waals surface area contributed by atoms with Gasteiger partial charge in [-0.1, -0.05) is 49.2 Å². The Labute approximate surface area is 178 Å². The van der Waals surface area contributed by atoms with Crippen LogP contribution in [0.4, 0.5) is 0 Å². The standard InChI is InChI=1S/C22H30Cl2N2O2/c1-4-26(5-2)12-11-25-15-17-7-10-21(22(13-17)27-6-3)28-16-18-8-9-19(23)14-20(18)24/h7-10,13-14,25H,4-6,11-12,15-16H2,1-3H3. The molecule has 0 fully saturated rings. The number of hydrogen-bond donors (Lipinski definition) is 1. The van der Waals surface area contributed by atoms with Gasteiger partial charge < -0.3 is 19.7 Å². The lowest BCUT2D eigenvalue weighted by molar-refractivity contribution is 0.269. The zero-order valence-corrected chi connectivity index (χ0v) is 18.4. The maximum atomic E-state index is 6.23. The SMILES string of the molecule is CCOc1cc(CNCCN(CC)CC)ccc1OCc1ccc(Cl)cc1Cl. The second-order valence-corrected chi connectivity index (χ2v) is 7.29. The molecule has 2 aromatic carbocycles. The van der Waals surface area contributed by atoms with E-state index in [0.29, 0.717) is 29.0 Å². The summed E-state index contributed by atoms with van der Waals surface area (Å²) in [4.78, 5) is 2.40. The molecule has 0 heterocycles. The third kappa shape index (κ3) is 7.17. The van der Waals surface area contributed by atoms with Crippen molar-refractivity contribution < 1.29 is 9.47 Å². The minimum atomic E-state index is 0.359. The van der Waals surface area contributed by atoms with Crippen molar-refractivity contribution in [1.82, 2.24) is 10.2 Å². The molecule has 0 unspecified atom stereocenters. The molecule has 0 aliphatic rings. The number of nitrogens with zero attached hydrogens (tertiary/aromatic N) is 1. The molecule has 2 rings (SSSR count). The molecule has 0 saturated heterocycles. The van der Waals surface area contributed by atoms with Crippen LogP contribution in [0.15, 0.2) is 36.4 Å². The Hall–Kier alpha value is -1.46. The second kappa shape index (κ2) is 12.2. The van der Waals surface area contributed by atoms with Gasteiger partial charge in [-0.05, 0) is 49.8 Å². The highest BCUT2D eigenvalue weighted by atomic mass is 35.5. The quantitative estimate of drug-likeness (QED) is 0.462. The highest BCUT2D eigenvalue weighted by molar-refractivity contribution is 6.35. The fourth-order valence-corrected chi connectivity index (χ4v) is 3.32. The normalized spacial score (nSPS) is 11.1. The number of nitrogens with one attached hydrogen (secondary N) is 1. The van der Waals surface area contributed by atoms with Gasteiger partial charge in [0, 0.05) is 35.2 Å². The Morgan fingerprint density at radius 1 is 0.929 bits per heavy atom. The molecule has 0 saturated carbocycles. The van der Waals surface area contributed by atoms with Gasteiger partial charge >= 0.3 is 0 Å². The van der Waals surface area contributed by atoms with E-state index in [9.17, 15) is 0 Å². The van der Waals surface area contributed by atoms with Crippen LogP contribution in [-0.4, -0.2) is 37.7 Å². The van der Waals surface area contributed by atoms with Crippen molar-refractivity contribution in [3.8, 4) is 11.5 Å². The van der Waals surface area contributed by atoms with Crippen molar-refractivity contribution in [2.24, 2.45) is 0 Å².